The molecule has 1 amide bonds. The SMILES string of the molecule is Cc1cc(OC(C)C(=O)N2CCC(C)C2)ccc1C(C)C. The van der Waals surface area contributed by atoms with E-state index in [-0.39, 0.29) is 5.91 Å². The van der Waals surface area contributed by atoms with Crippen LogP contribution in [0.3, 0.4) is 0 Å². The van der Waals surface area contributed by atoms with E-state index in [0.717, 1.165) is 25.3 Å². The lowest BCUT2D eigenvalue weighted by Crippen LogP contribution is -2.39. The number of rotatable bonds is 4. The summed E-state index contributed by atoms with van der Waals surface area (Å²) in [6, 6.07) is 6.11. The molecule has 0 saturated carbocycles. The summed E-state index contributed by atoms with van der Waals surface area (Å²) in [6.45, 7) is 12.2. The first kappa shape index (κ1) is 15.9. The third kappa shape index (κ3) is 3.78. The molecule has 1 aliphatic heterocycles. The Labute approximate surface area is 128 Å². The molecule has 2 rings (SSSR count). The van der Waals surface area contributed by atoms with Gasteiger partial charge in [0.15, 0.2) is 6.10 Å². The summed E-state index contributed by atoms with van der Waals surface area (Å²) in [4.78, 5) is 14.3. The fourth-order valence-electron chi connectivity index (χ4n) is 3.02. The molecule has 0 radical (unpaired) electrons. The number of nitrogens with zero attached hydrogens (tertiary/aromatic N) is 1. The predicted molar refractivity (Wildman–Crippen MR) is 85.7 cm³/mol. The molecule has 2 unspecified atom stereocenters. The van der Waals surface area contributed by atoms with Crippen molar-refractivity contribution >= 4 is 5.91 Å². The van der Waals surface area contributed by atoms with Crippen molar-refractivity contribution in [3.05, 3.63) is 29.3 Å². The van der Waals surface area contributed by atoms with Gasteiger partial charge in [0.2, 0.25) is 0 Å². The second kappa shape index (κ2) is 6.50. The molecule has 1 fully saturated rings. The molecule has 1 saturated heterocycles. The van der Waals surface area contributed by atoms with Crippen LogP contribution in [0.1, 0.15) is 51.2 Å². The smallest absolute Gasteiger partial charge is 0.263 e. The normalized spacial score (nSPS) is 19.9. The number of aryl methyl sites for hydroxylation is 1. The van der Waals surface area contributed by atoms with Crippen molar-refractivity contribution in [1.82, 2.24) is 4.90 Å². The first-order valence-corrected chi connectivity index (χ1v) is 7.94. The van der Waals surface area contributed by atoms with Gasteiger partial charge in [-0.15, -0.1) is 0 Å². The average Bonchev–Trinajstić information content (AvgIpc) is 2.84. The number of hydrogen-bond acceptors (Lipinski definition) is 2. The summed E-state index contributed by atoms with van der Waals surface area (Å²) in [5, 5.41) is 0. The van der Waals surface area contributed by atoms with E-state index in [0.29, 0.717) is 11.8 Å². The summed E-state index contributed by atoms with van der Waals surface area (Å²) in [5.41, 5.74) is 2.55. The van der Waals surface area contributed by atoms with Gasteiger partial charge >= 0.3 is 0 Å². The van der Waals surface area contributed by atoms with Gasteiger partial charge in [-0.25, -0.2) is 0 Å². The van der Waals surface area contributed by atoms with Crippen LogP contribution in [0.5, 0.6) is 5.75 Å². The Morgan fingerprint density at radius 1 is 1.33 bits per heavy atom. The zero-order valence-electron chi connectivity index (χ0n) is 13.8. The lowest BCUT2D eigenvalue weighted by molar-refractivity contribution is -0.136. The molecular weight excluding hydrogens is 262 g/mol. The maximum Gasteiger partial charge on any atom is 0.263 e. The highest BCUT2D eigenvalue weighted by atomic mass is 16.5. The molecule has 0 spiro atoms. The highest BCUT2D eigenvalue weighted by Gasteiger charge is 2.27. The van der Waals surface area contributed by atoms with Gasteiger partial charge in [-0.1, -0.05) is 26.8 Å². The quantitative estimate of drug-likeness (QED) is 0.844. The first-order valence-electron chi connectivity index (χ1n) is 7.94. The van der Waals surface area contributed by atoms with E-state index in [2.05, 4.69) is 33.8 Å². The fraction of sp³-hybridized carbons (Fsp3) is 0.611. The van der Waals surface area contributed by atoms with Crippen LogP contribution in [0, 0.1) is 12.8 Å². The van der Waals surface area contributed by atoms with Gasteiger partial charge in [0.05, 0.1) is 0 Å². The summed E-state index contributed by atoms with van der Waals surface area (Å²) in [5.74, 6) is 1.99. The minimum absolute atomic E-state index is 0.102. The lowest BCUT2D eigenvalue weighted by Gasteiger charge is -2.22. The van der Waals surface area contributed by atoms with E-state index in [9.17, 15) is 4.79 Å². The van der Waals surface area contributed by atoms with Gasteiger partial charge in [-0.05, 0) is 55.4 Å². The highest BCUT2D eigenvalue weighted by Crippen LogP contribution is 2.24. The van der Waals surface area contributed by atoms with Crippen LogP contribution >= 0.6 is 0 Å². The van der Waals surface area contributed by atoms with E-state index >= 15 is 0 Å². The van der Waals surface area contributed by atoms with Crippen LogP contribution in [-0.4, -0.2) is 30.0 Å². The Kier molecular flexibility index (Phi) is 4.92. The number of likely N-dealkylation sites (tertiary alicyclic amines) is 1. The van der Waals surface area contributed by atoms with Crippen LogP contribution in [0.15, 0.2) is 18.2 Å². The average molecular weight is 289 g/mol. The molecule has 1 aromatic carbocycles. The number of carbonyl (C=O) groups excluding carboxylic acids is 1. The van der Waals surface area contributed by atoms with Crippen molar-refractivity contribution in [2.45, 2.75) is 53.1 Å². The molecule has 3 heteroatoms. The van der Waals surface area contributed by atoms with Crippen molar-refractivity contribution in [3.8, 4) is 5.75 Å². The Balaban J connectivity index is 2.01. The monoisotopic (exact) mass is 289 g/mol. The molecule has 1 aliphatic rings. The van der Waals surface area contributed by atoms with Crippen molar-refractivity contribution in [3.63, 3.8) is 0 Å². The molecule has 0 aliphatic carbocycles. The van der Waals surface area contributed by atoms with Crippen LogP contribution < -0.4 is 4.74 Å². The Morgan fingerprint density at radius 2 is 2.05 bits per heavy atom. The van der Waals surface area contributed by atoms with Crippen molar-refractivity contribution in [2.24, 2.45) is 5.92 Å². The molecule has 0 bridgehead atoms. The van der Waals surface area contributed by atoms with Gasteiger partial charge in [0.1, 0.15) is 5.75 Å². The van der Waals surface area contributed by atoms with E-state index in [1.165, 1.54) is 11.1 Å². The maximum absolute atomic E-state index is 12.4. The standard InChI is InChI=1S/C18H27NO2/c1-12(2)17-7-6-16(10-14(17)4)21-15(5)18(20)19-9-8-13(3)11-19/h6-7,10,12-13,15H,8-9,11H2,1-5H3. The van der Waals surface area contributed by atoms with E-state index in [4.69, 9.17) is 4.74 Å². The van der Waals surface area contributed by atoms with Crippen LogP contribution in [0.4, 0.5) is 0 Å². The molecule has 2 atom stereocenters. The van der Waals surface area contributed by atoms with Crippen LogP contribution in [0.2, 0.25) is 0 Å². The van der Waals surface area contributed by atoms with Gasteiger partial charge < -0.3 is 9.64 Å². The number of amides is 1. The summed E-state index contributed by atoms with van der Waals surface area (Å²) in [6.07, 6.45) is 0.681. The van der Waals surface area contributed by atoms with E-state index in [1.54, 1.807) is 0 Å². The topological polar surface area (TPSA) is 29.5 Å². The van der Waals surface area contributed by atoms with Crippen molar-refractivity contribution in [2.75, 3.05) is 13.1 Å². The molecule has 21 heavy (non-hydrogen) atoms. The zero-order valence-corrected chi connectivity index (χ0v) is 13.8. The Bertz CT molecular complexity index is 510. The third-order valence-electron chi connectivity index (χ3n) is 4.26. The molecule has 1 aromatic rings. The molecular formula is C18H27NO2. The number of ether oxygens (including phenoxy) is 1. The molecule has 0 aromatic heterocycles. The van der Waals surface area contributed by atoms with Crippen LogP contribution in [-0.2, 0) is 4.79 Å². The minimum atomic E-state index is -0.417. The maximum atomic E-state index is 12.4. The van der Waals surface area contributed by atoms with Crippen molar-refractivity contribution in [1.29, 1.82) is 0 Å². The molecule has 3 nitrogen and oxygen atoms in total. The third-order valence-corrected chi connectivity index (χ3v) is 4.26. The van der Waals surface area contributed by atoms with Gasteiger partial charge in [-0.3, -0.25) is 4.79 Å². The Morgan fingerprint density at radius 3 is 2.57 bits per heavy atom. The number of hydrogen-bond donors (Lipinski definition) is 0. The number of benzene rings is 1. The Hall–Kier alpha value is -1.51. The molecule has 116 valence electrons. The summed E-state index contributed by atoms with van der Waals surface area (Å²) >= 11 is 0. The largest absolute Gasteiger partial charge is 0.481 e. The lowest BCUT2D eigenvalue weighted by atomic mass is 9.98. The summed E-state index contributed by atoms with van der Waals surface area (Å²) in [7, 11) is 0. The van der Waals surface area contributed by atoms with Gasteiger partial charge in [0, 0.05) is 13.1 Å². The first-order chi connectivity index (χ1) is 9.88. The number of carbonyl (C=O) groups is 1. The minimum Gasteiger partial charge on any atom is -0.481 e. The van der Waals surface area contributed by atoms with Gasteiger partial charge in [0.25, 0.3) is 5.91 Å². The van der Waals surface area contributed by atoms with Crippen molar-refractivity contribution < 1.29 is 9.53 Å². The molecule has 0 N–H and O–H groups in total. The van der Waals surface area contributed by atoms with E-state index in [1.807, 2.05) is 24.0 Å². The predicted octanol–water partition coefficient (Wildman–Crippen LogP) is 3.75. The fourth-order valence-corrected chi connectivity index (χ4v) is 3.02. The summed E-state index contributed by atoms with van der Waals surface area (Å²) < 4.78 is 5.85. The van der Waals surface area contributed by atoms with Crippen LogP contribution in [0.25, 0.3) is 0 Å². The second-order valence-corrected chi connectivity index (χ2v) is 6.61. The highest BCUT2D eigenvalue weighted by molar-refractivity contribution is 5.81. The zero-order chi connectivity index (χ0) is 15.6. The molecule has 1 heterocycles. The second-order valence-electron chi connectivity index (χ2n) is 6.61. The van der Waals surface area contributed by atoms with Gasteiger partial charge in [-0.2, -0.15) is 0 Å². The van der Waals surface area contributed by atoms with E-state index < -0.39 is 6.10 Å².